The predicted octanol–water partition coefficient (Wildman–Crippen LogP) is 4.28. The number of halogens is 1. The van der Waals surface area contributed by atoms with Crippen LogP contribution in [0.4, 0.5) is 5.69 Å². The van der Waals surface area contributed by atoms with Crippen LogP contribution in [0.3, 0.4) is 0 Å². The summed E-state index contributed by atoms with van der Waals surface area (Å²) in [6.45, 7) is 6.32. The van der Waals surface area contributed by atoms with Gasteiger partial charge in [-0.1, -0.05) is 50.6 Å². The molecule has 104 valence electrons. The Bertz CT molecular complexity index is 632. The van der Waals surface area contributed by atoms with Crippen LogP contribution in [0.2, 0.25) is 5.02 Å². The van der Waals surface area contributed by atoms with Crippen molar-refractivity contribution in [1.29, 1.82) is 0 Å². The molecule has 0 unspecified atom stereocenters. The van der Waals surface area contributed by atoms with Crippen molar-refractivity contribution in [3.8, 4) is 0 Å². The topological polar surface area (TPSA) is 42.0 Å². The number of para-hydroxylation sites is 1. The molecular formula is C16H17ClN2O. The lowest BCUT2D eigenvalue weighted by atomic mass is 9.86. The smallest absolute Gasteiger partial charge is 0.274 e. The van der Waals surface area contributed by atoms with Crippen molar-refractivity contribution in [3.63, 3.8) is 0 Å². The standard InChI is InChI=1S/C16H17ClN2O/c1-16(2,3)12-6-4-5-7-13(12)19-15(20)14-10-11(17)8-9-18-14/h4-10H,1-3H3,(H,19,20). The highest BCUT2D eigenvalue weighted by molar-refractivity contribution is 6.30. The number of hydrogen-bond acceptors (Lipinski definition) is 2. The van der Waals surface area contributed by atoms with Gasteiger partial charge >= 0.3 is 0 Å². The minimum Gasteiger partial charge on any atom is -0.320 e. The average molecular weight is 289 g/mol. The summed E-state index contributed by atoms with van der Waals surface area (Å²) in [5, 5.41) is 3.40. The number of nitrogens with zero attached hydrogens (tertiary/aromatic N) is 1. The second-order valence-electron chi connectivity index (χ2n) is 5.61. The molecule has 0 bridgehead atoms. The third-order valence-corrected chi connectivity index (χ3v) is 3.17. The molecule has 1 aromatic carbocycles. The molecule has 1 amide bonds. The number of benzene rings is 1. The van der Waals surface area contributed by atoms with Crippen LogP contribution in [0, 0.1) is 0 Å². The third kappa shape index (κ3) is 3.36. The molecule has 0 saturated carbocycles. The Balaban J connectivity index is 2.29. The number of carbonyl (C=O) groups is 1. The molecule has 2 rings (SSSR count). The van der Waals surface area contributed by atoms with E-state index in [1.807, 2.05) is 24.3 Å². The van der Waals surface area contributed by atoms with Gasteiger partial charge in [0.2, 0.25) is 0 Å². The summed E-state index contributed by atoms with van der Waals surface area (Å²) in [6, 6.07) is 11.0. The van der Waals surface area contributed by atoms with Gasteiger partial charge in [-0.2, -0.15) is 0 Å². The number of anilines is 1. The lowest BCUT2D eigenvalue weighted by molar-refractivity contribution is 0.102. The monoisotopic (exact) mass is 288 g/mol. The van der Waals surface area contributed by atoms with Gasteiger partial charge in [-0.05, 0) is 29.2 Å². The minimum atomic E-state index is -0.260. The third-order valence-electron chi connectivity index (χ3n) is 2.94. The molecule has 4 heteroatoms. The van der Waals surface area contributed by atoms with Gasteiger partial charge in [0.15, 0.2) is 0 Å². The Morgan fingerprint density at radius 3 is 2.55 bits per heavy atom. The Hall–Kier alpha value is -1.87. The second-order valence-corrected chi connectivity index (χ2v) is 6.05. The molecule has 20 heavy (non-hydrogen) atoms. The SMILES string of the molecule is CC(C)(C)c1ccccc1NC(=O)c1cc(Cl)ccn1. The first-order chi connectivity index (χ1) is 9.38. The summed E-state index contributed by atoms with van der Waals surface area (Å²) < 4.78 is 0. The van der Waals surface area contributed by atoms with E-state index in [1.165, 1.54) is 6.20 Å². The van der Waals surface area contributed by atoms with E-state index in [1.54, 1.807) is 12.1 Å². The number of nitrogens with one attached hydrogen (secondary N) is 1. The van der Waals surface area contributed by atoms with Crippen molar-refractivity contribution in [2.45, 2.75) is 26.2 Å². The van der Waals surface area contributed by atoms with Crippen LogP contribution in [0.1, 0.15) is 36.8 Å². The lowest BCUT2D eigenvalue weighted by Crippen LogP contribution is -2.19. The molecular weight excluding hydrogens is 272 g/mol. The first-order valence-corrected chi connectivity index (χ1v) is 6.78. The Labute approximate surface area is 124 Å². The van der Waals surface area contributed by atoms with Crippen LogP contribution in [0.15, 0.2) is 42.6 Å². The Kier molecular flexibility index (Phi) is 4.09. The van der Waals surface area contributed by atoms with Gasteiger partial charge < -0.3 is 5.32 Å². The molecule has 0 fully saturated rings. The first-order valence-electron chi connectivity index (χ1n) is 6.40. The second kappa shape index (κ2) is 5.63. The number of aromatic nitrogens is 1. The van der Waals surface area contributed by atoms with Crippen molar-refractivity contribution in [1.82, 2.24) is 4.98 Å². The largest absolute Gasteiger partial charge is 0.320 e. The normalized spacial score (nSPS) is 11.2. The van der Waals surface area contributed by atoms with Gasteiger partial charge in [-0.15, -0.1) is 0 Å². The maximum absolute atomic E-state index is 12.2. The van der Waals surface area contributed by atoms with Crippen LogP contribution in [0.5, 0.6) is 0 Å². The van der Waals surface area contributed by atoms with Crippen molar-refractivity contribution >= 4 is 23.2 Å². The van der Waals surface area contributed by atoms with E-state index in [9.17, 15) is 4.79 Å². The van der Waals surface area contributed by atoms with Crippen LogP contribution in [-0.2, 0) is 5.41 Å². The molecule has 3 nitrogen and oxygen atoms in total. The maximum atomic E-state index is 12.2. The predicted molar refractivity (Wildman–Crippen MR) is 82.3 cm³/mol. The number of pyridine rings is 1. The fourth-order valence-corrected chi connectivity index (χ4v) is 2.12. The van der Waals surface area contributed by atoms with Crippen LogP contribution in [-0.4, -0.2) is 10.9 Å². The Morgan fingerprint density at radius 2 is 1.90 bits per heavy atom. The quantitative estimate of drug-likeness (QED) is 0.896. The zero-order valence-corrected chi connectivity index (χ0v) is 12.5. The van der Waals surface area contributed by atoms with Gasteiger partial charge in [0.1, 0.15) is 5.69 Å². The van der Waals surface area contributed by atoms with Gasteiger partial charge in [0.25, 0.3) is 5.91 Å². The molecule has 1 heterocycles. The van der Waals surface area contributed by atoms with Gasteiger partial charge in [-0.25, -0.2) is 0 Å². The lowest BCUT2D eigenvalue weighted by Gasteiger charge is -2.22. The van der Waals surface area contributed by atoms with E-state index >= 15 is 0 Å². The summed E-state index contributed by atoms with van der Waals surface area (Å²) in [5.41, 5.74) is 2.13. The number of hydrogen-bond donors (Lipinski definition) is 1. The van der Waals surface area contributed by atoms with Crippen molar-refractivity contribution < 1.29 is 4.79 Å². The zero-order valence-electron chi connectivity index (χ0n) is 11.8. The van der Waals surface area contributed by atoms with E-state index in [2.05, 4.69) is 31.1 Å². The van der Waals surface area contributed by atoms with Crippen LogP contribution in [0.25, 0.3) is 0 Å². The van der Waals surface area contributed by atoms with Crippen molar-refractivity contribution in [2.24, 2.45) is 0 Å². The van der Waals surface area contributed by atoms with Crippen molar-refractivity contribution in [2.75, 3.05) is 5.32 Å². The number of amides is 1. The Morgan fingerprint density at radius 1 is 1.20 bits per heavy atom. The number of carbonyl (C=O) groups excluding carboxylic acids is 1. The average Bonchev–Trinajstić information content (AvgIpc) is 2.38. The molecule has 2 aromatic rings. The highest BCUT2D eigenvalue weighted by Crippen LogP contribution is 2.29. The molecule has 0 spiro atoms. The van der Waals surface area contributed by atoms with E-state index in [-0.39, 0.29) is 11.3 Å². The van der Waals surface area contributed by atoms with E-state index in [0.717, 1.165) is 11.3 Å². The number of rotatable bonds is 2. The fourth-order valence-electron chi connectivity index (χ4n) is 1.96. The zero-order chi connectivity index (χ0) is 14.8. The molecule has 1 N–H and O–H groups in total. The molecule has 0 aliphatic heterocycles. The minimum absolute atomic E-state index is 0.0500. The van der Waals surface area contributed by atoms with Gasteiger partial charge in [0, 0.05) is 16.9 Å². The summed E-state index contributed by atoms with van der Waals surface area (Å²) in [7, 11) is 0. The van der Waals surface area contributed by atoms with E-state index < -0.39 is 0 Å². The van der Waals surface area contributed by atoms with Crippen LogP contribution < -0.4 is 5.32 Å². The maximum Gasteiger partial charge on any atom is 0.274 e. The first kappa shape index (κ1) is 14.5. The molecule has 0 atom stereocenters. The molecule has 0 radical (unpaired) electrons. The summed E-state index contributed by atoms with van der Waals surface area (Å²) in [4.78, 5) is 16.2. The summed E-state index contributed by atoms with van der Waals surface area (Å²) in [5.74, 6) is -0.260. The summed E-state index contributed by atoms with van der Waals surface area (Å²) >= 11 is 5.88. The van der Waals surface area contributed by atoms with Gasteiger partial charge in [0.05, 0.1) is 0 Å². The highest BCUT2D eigenvalue weighted by Gasteiger charge is 2.19. The fraction of sp³-hybridized carbons (Fsp3) is 0.250. The molecule has 0 aliphatic rings. The van der Waals surface area contributed by atoms with Crippen LogP contribution >= 0.6 is 11.6 Å². The molecule has 1 aromatic heterocycles. The van der Waals surface area contributed by atoms with Gasteiger partial charge in [-0.3, -0.25) is 9.78 Å². The molecule has 0 saturated heterocycles. The summed E-state index contributed by atoms with van der Waals surface area (Å²) in [6.07, 6.45) is 1.52. The van der Waals surface area contributed by atoms with E-state index in [0.29, 0.717) is 10.7 Å². The highest BCUT2D eigenvalue weighted by atomic mass is 35.5. The van der Waals surface area contributed by atoms with Crippen molar-refractivity contribution in [3.05, 3.63) is 58.9 Å². The van der Waals surface area contributed by atoms with E-state index in [4.69, 9.17) is 11.6 Å². The molecule has 0 aliphatic carbocycles.